The van der Waals surface area contributed by atoms with Gasteiger partial charge in [0.1, 0.15) is 0 Å². The number of carbonyl (C=O) groups excluding carboxylic acids is 1. The number of nitrogens with one attached hydrogen (secondary N) is 1. The highest BCUT2D eigenvalue weighted by molar-refractivity contribution is 6.12. The molecule has 0 atom stereocenters. The molecule has 0 aromatic heterocycles. The highest BCUT2D eigenvalue weighted by Gasteiger charge is 2.20. The van der Waals surface area contributed by atoms with Crippen LogP contribution >= 0.6 is 0 Å². The summed E-state index contributed by atoms with van der Waals surface area (Å²) in [6, 6.07) is 22.8. The van der Waals surface area contributed by atoms with Crippen molar-refractivity contribution in [3.05, 3.63) is 95.1 Å². The fourth-order valence-electron chi connectivity index (χ4n) is 3.32. The Bertz CT molecular complexity index is 1030. The maximum Gasteiger partial charge on any atom is 0.255 e. The van der Waals surface area contributed by atoms with E-state index in [1.54, 1.807) is 0 Å². The molecule has 26 heavy (non-hydrogen) atoms. The molecular formula is C24H21NO. The summed E-state index contributed by atoms with van der Waals surface area (Å²) in [7, 11) is 0. The van der Waals surface area contributed by atoms with Gasteiger partial charge in [0.25, 0.3) is 5.91 Å². The van der Waals surface area contributed by atoms with Gasteiger partial charge in [-0.2, -0.15) is 0 Å². The Kier molecular flexibility index (Phi) is 4.18. The normalized spacial score (nSPS) is 15.6. The van der Waals surface area contributed by atoms with Crippen molar-refractivity contribution in [1.82, 2.24) is 5.32 Å². The predicted molar refractivity (Wildman–Crippen MR) is 109 cm³/mol. The number of hydrogen-bond acceptors (Lipinski definition) is 1. The average molecular weight is 339 g/mol. The maximum atomic E-state index is 12.4. The van der Waals surface area contributed by atoms with Crippen LogP contribution < -0.4 is 5.32 Å². The molecule has 1 aliphatic rings. The van der Waals surface area contributed by atoms with Gasteiger partial charge < -0.3 is 5.32 Å². The van der Waals surface area contributed by atoms with E-state index in [4.69, 9.17) is 0 Å². The second-order valence-electron chi connectivity index (χ2n) is 6.96. The van der Waals surface area contributed by atoms with Gasteiger partial charge in [-0.1, -0.05) is 80.6 Å². The topological polar surface area (TPSA) is 29.1 Å². The molecule has 3 aromatic rings. The molecule has 0 spiro atoms. The Balaban J connectivity index is 1.71. The molecule has 0 bridgehead atoms. The second kappa shape index (κ2) is 6.64. The molecule has 128 valence electrons. The maximum absolute atomic E-state index is 12.4. The van der Waals surface area contributed by atoms with E-state index in [1.807, 2.05) is 30.4 Å². The van der Waals surface area contributed by atoms with Crippen LogP contribution in [0.4, 0.5) is 0 Å². The van der Waals surface area contributed by atoms with Crippen LogP contribution in [-0.2, 0) is 4.79 Å². The van der Waals surface area contributed by atoms with E-state index in [2.05, 4.69) is 67.7 Å². The second-order valence-corrected chi connectivity index (χ2v) is 6.96. The quantitative estimate of drug-likeness (QED) is 0.626. The first kappa shape index (κ1) is 16.3. The summed E-state index contributed by atoms with van der Waals surface area (Å²) in [5.41, 5.74) is 4.93. The largest absolute Gasteiger partial charge is 0.321 e. The smallest absolute Gasteiger partial charge is 0.255 e. The first-order chi connectivity index (χ1) is 12.6. The fraction of sp³-hybridized carbons (Fsp3) is 0.125. The number of benzene rings is 3. The minimum Gasteiger partial charge on any atom is -0.321 e. The van der Waals surface area contributed by atoms with Gasteiger partial charge in [-0.15, -0.1) is 0 Å². The Hall–Kier alpha value is -3.13. The summed E-state index contributed by atoms with van der Waals surface area (Å²) < 4.78 is 0. The summed E-state index contributed by atoms with van der Waals surface area (Å²) in [5.74, 6) is 0.449. The molecule has 2 heteroatoms. The third kappa shape index (κ3) is 3.06. The number of carbonyl (C=O) groups is 1. The van der Waals surface area contributed by atoms with Crippen molar-refractivity contribution in [2.45, 2.75) is 19.8 Å². The lowest BCUT2D eigenvalue weighted by Gasteiger charge is -2.07. The van der Waals surface area contributed by atoms with Gasteiger partial charge in [0, 0.05) is 16.8 Å². The van der Waals surface area contributed by atoms with Gasteiger partial charge in [-0.25, -0.2) is 0 Å². The molecule has 1 heterocycles. The molecule has 3 aromatic carbocycles. The van der Waals surface area contributed by atoms with Gasteiger partial charge in [0.2, 0.25) is 0 Å². The van der Waals surface area contributed by atoms with Crippen molar-refractivity contribution in [3.8, 4) is 0 Å². The summed E-state index contributed by atoms with van der Waals surface area (Å²) >= 11 is 0. The van der Waals surface area contributed by atoms with E-state index in [9.17, 15) is 4.79 Å². The van der Waals surface area contributed by atoms with E-state index in [0.29, 0.717) is 11.5 Å². The fourth-order valence-corrected chi connectivity index (χ4v) is 3.32. The van der Waals surface area contributed by atoms with E-state index in [-0.39, 0.29) is 5.91 Å². The zero-order valence-electron chi connectivity index (χ0n) is 15.0. The molecule has 0 unspecified atom stereocenters. The molecule has 0 fully saturated rings. The van der Waals surface area contributed by atoms with E-state index in [1.165, 1.54) is 10.9 Å². The lowest BCUT2D eigenvalue weighted by atomic mass is 10.0. The average Bonchev–Trinajstić information content (AvgIpc) is 3.02. The number of rotatable bonds is 3. The Morgan fingerprint density at radius 1 is 0.885 bits per heavy atom. The molecule has 1 amide bonds. The Morgan fingerprint density at radius 3 is 2.38 bits per heavy atom. The summed E-state index contributed by atoms with van der Waals surface area (Å²) in [6.45, 7) is 4.36. The first-order valence-corrected chi connectivity index (χ1v) is 8.94. The van der Waals surface area contributed by atoms with Crippen molar-refractivity contribution >= 4 is 28.5 Å². The van der Waals surface area contributed by atoms with Gasteiger partial charge in [-0.05, 0) is 40.0 Å². The number of hydrogen-bond donors (Lipinski definition) is 1. The molecule has 0 saturated heterocycles. The molecule has 4 rings (SSSR count). The highest BCUT2D eigenvalue weighted by atomic mass is 16.1. The molecule has 1 N–H and O–H groups in total. The van der Waals surface area contributed by atoms with Crippen LogP contribution in [0.1, 0.15) is 36.5 Å². The van der Waals surface area contributed by atoms with Gasteiger partial charge in [0.15, 0.2) is 0 Å². The number of fused-ring (bicyclic) bond motifs is 1. The van der Waals surface area contributed by atoms with Crippen LogP contribution in [0.25, 0.3) is 22.5 Å². The van der Waals surface area contributed by atoms with Crippen LogP contribution in [0.5, 0.6) is 0 Å². The summed E-state index contributed by atoms with van der Waals surface area (Å²) in [4.78, 5) is 12.4. The van der Waals surface area contributed by atoms with Crippen molar-refractivity contribution in [3.63, 3.8) is 0 Å². The Labute approximate surface area is 153 Å². The third-order valence-corrected chi connectivity index (χ3v) is 4.82. The van der Waals surface area contributed by atoms with E-state index < -0.39 is 0 Å². The SMILES string of the molecule is CC(C)c1ccc(C=C2C=C(c3cccc4ccccc34)NC2=O)cc1. The lowest BCUT2D eigenvalue weighted by molar-refractivity contribution is -0.115. The Morgan fingerprint density at radius 2 is 1.62 bits per heavy atom. The van der Waals surface area contributed by atoms with Crippen molar-refractivity contribution < 1.29 is 4.79 Å². The van der Waals surface area contributed by atoms with Crippen LogP contribution in [0.2, 0.25) is 0 Å². The minimum absolute atomic E-state index is 0.0547. The monoisotopic (exact) mass is 339 g/mol. The van der Waals surface area contributed by atoms with Crippen molar-refractivity contribution in [2.24, 2.45) is 0 Å². The minimum atomic E-state index is -0.0547. The van der Waals surface area contributed by atoms with Gasteiger partial charge >= 0.3 is 0 Å². The predicted octanol–water partition coefficient (Wildman–Crippen LogP) is 5.52. The van der Waals surface area contributed by atoms with Crippen molar-refractivity contribution in [2.75, 3.05) is 0 Å². The zero-order valence-corrected chi connectivity index (χ0v) is 15.0. The number of amides is 1. The standard InChI is InChI=1S/C24H21NO/c1-16(2)18-12-10-17(11-13-18)14-20-15-23(25-24(20)26)22-9-5-7-19-6-3-4-8-21(19)22/h3-16H,1-2H3,(H,25,26). The van der Waals surface area contributed by atoms with E-state index in [0.717, 1.165) is 22.2 Å². The molecule has 0 radical (unpaired) electrons. The highest BCUT2D eigenvalue weighted by Crippen LogP contribution is 2.28. The van der Waals surface area contributed by atoms with Crippen molar-refractivity contribution in [1.29, 1.82) is 0 Å². The van der Waals surface area contributed by atoms with Crippen LogP contribution in [0, 0.1) is 0 Å². The summed E-state index contributed by atoms with van der Waals surface area (Å²) in [6.07, 6.45) is 3.89. The van der Waals surface area contributed by atoms with Crippen LogP contribution in [-0.4, -0.2) is 5.91 Å². The van der Waals surface area contributed by atoms with Crippen LogP contribution in [0.3, 0.4) is 0 Å². The molecule has 2 nitrogen and oxygen atoms in total. The molecule has 0 saturated carbocycles. The molecule has 1 aliphatic heterocycles. The van der Waals surface area contributed by atoms with Gasteiger partial charge in [0.05, 0.1) is 0 Å². The molecule has 0 aliphatic carbocycles. The third-order valence-electron chi connectivity index (χ3n) is 4.82. The molecular weight excluding hydrogens is 318 g/mol. The van der Waals surface area contributed by atoms with E-state index >= 15 is 0 Å². The first-order valence-electron chi connectivity index (χ1n) is 8.94. The van der Waals surface area contributed by atoms with Gasteiger partial charge in [-0.3, -0.25) is 4.79 Å². The zero-order chi connectivity index (χ0) is 18.1. The lowest BCUT2D eigenvalue weighted by Crippen LogP contribution is -2.15. The van der Waals surface area contributed by atoms with Crippen LogP contribution in [0.15, 0.2) is 78.4 Å². The summed E-state index contributed by atoms with van der Waals surface area (Å²) in [5, 5.41) is 5.33.